The Balaban J connectivity index is 2.36. The van der Waals surface area contributed by atoms with Gasteiger partial charge in [-0.15, -0.1) is 0 Å². The minimum atomic E-state index is -0.0673. The van der Waals surface area contributed by atoms with Gasteiger partial charge in [-0.3, -0.25) is 0 Å². The molecule has 0 spiro atoms. The van der Waals surface area contributed by atoms with Crippen molar-refractivity contribution in [1.29, 1.82) is 0 Å². The van der Waals surface area contributed by atoms with E-state index in [4.69, 9.17) is 0 Å². The molecule has 15 heavy (non-hydrogen) atoms. The van der Waals surface area contributed by atoms with Gasteiger partial charge in [0.1, 0.15) is 0 Å². The molecule has 0 fully saturated rings. The SMILES string of the molecule is Cc1cc[c]2c(c1C)-c1cccc[c]1[Ge]2. The Bertz CT molecular complexity index is 541. The molecule has 2 aromatic carbocycles. The van der Waals surface area contributed by atoms with E-state index in [9.17, 15) is 0 Å². The summed E-state index contributed by atoms with van der Waals surface area (Å²) in [6, 6.07) is 13.5. The molecule has 0 unspecified atom stereocenters. The molecule has 1 heterocycles. The molecule has 0 aromatic heterocycles. The summed E-state index contributed by atoms with van der Waals surface area (Å²) in [6.45, 7) is 4.46. The zero-order chi connectivity index (χ0) is 10.4. The maximum absolute atomic E-state index is 2.33. The predicted molar refractivity (Wildman–Crippen MR) is 66.4 cm³/mol. The first-order valence-electron chi connectivity index (χ1n) is 5.24. The molecule has 3 rings (SSSR count). The van der Waals surface area contributed by atoms with Crippen molar-refractivity contribution in [2.75, 3.05) is 0 Å². The molecule has 0 bridgehead atoms. The second-order valence-electron chi connectivity index (χ2n) is 4.10. The van der Waals surface area contributed by atoms with Crippen molar-refractivity contribution < 1.29 is 0 Å². The zero-order valence-electron chi connectivity index (χ0n) is 8.96. The second-order valence-corrected chi connectivity index (χ2v) is 6.89. The third-order valence-electron chi connectivity index (χ3n) is 3.20. The van der Waals surface area contributed by atoms with Gasteiger partial charge in [-0.2, -0.15) is 0 Å². The van der Waals surface area contributed by atoms with Crippen LogP contribution < -0.4 is 8.79 Å². The Morgan fingerprint density at radius 3 is 2.53 bits per heavy atom. The third-order valence-corrected chi connectivity index (χ3v) is 6.12. The fraction of sp³-hybridized carbons (Fsp3) is 0.143. The van der Waals surface area contributed by atoms with Gasteiger partial charge in [0.05, 0.1) is 0 Å². The fourth-order valence-electron chi connectivity index (χ4n) is 2.22. The van der Waals surface area contributed by atoms with E-state index in [1.165, 1.54) is 22.3 Å². The third kappa shape index (κ3) is 1.28. The van der Waals surface area contributed by atoms with Gasteiger partial charge in [0.2, 0.25) is 0 Å². The zero-order valence-corrected chi connectivity index (χ0v) is 11.1. The summed E-state index contributed by atoms with van der Waals surface area (Å²) in [6.07, 6.45) is 0. The molecule has 72 valence electrons. The molecule has 1 aliphatic heterocycles. The van der Waals surface area contributed by atoms with Crippen LogP contribution in [0.2, 0.25) is 0 Å². The number of hydrogen-bond donors (Lipinski definition) is 0. The van der Waals surface area contributed by atoms with Crippen LogP contribution in [-0.2, 0) is 0 Å². The van der Waals surface area contributed by atoms with Crippen LogP contribution in [0.5, 0.6) is 0 Å². The first kappa shape index (κ1) is 9.23. The van der Waals surface area contributed by atoms with E-state index in [1.54, 1.807) is 8.79 Å². The Hall–Kier alpha value is -1.02. The molecule has 0 saturated carbocycles. The van der Waals surface area contributed by atoms with E-state index in [2.05, 4.69) is 50.2 Å². The van der Waals surface area contributed by atoms with Gasteiger partial charge < -0.3 is 0 Å². The summed E-state index contributed by atoms with van der Waals surface area (Å²) < 4.78 is 3.21. The van der Waals surface area contributed by atoms with E-state index in [0.717, 1.165) is 0 Å². The second kappa shape index (κ2) is 3.24. The molecule has 1 heteroatoms. The Morgan fingerprint density at radius 1 is 0.867 bits per heavy atom. The number of rotatable bonds is 0. The standard InChI is InChI=1S/C14H12Ge/c1-9-7-8-13-14(10(9)2)11-5-3-4-6-12(11)15-13/h3-8H,1-2H3. The quantitative estimate of drug-likeness (QED) is 0.537. The molecule has 2 radical (unpaired) electrons. The molecule has 0 N–H and O–H groups in total. The van der Waals surface area contributed by atoms with Crippen LogP contribution in [0.1, 0.15) is 11.1 Å². The van der Waals surface area contributed by atoms with Crippen LogP contribution in [0.15, 0.2) is 36.4 Å². The molecule has 0 nitrogen and oxygen atoms in total. The van der Waals surface area contributed by atoms with E-state index in [0.29, 0.717) is 0 Å². The van der Waals surface area contributed by atoms with Gasteiger partial charge in [-0.25, -0.2) is 0 Å². The predicted octanol–water partition coefficient (Wildman–Crippen LogP) is 1.94. The van der Waals surface area contributed by atoms with Crippen molar-refractivity contribution in [3.63, 3.8) is 0 Å². The van der Waals surface area contributed by atoms with Gasteiger partial charge in [-0.1, -0.05) is 0 Å². The van der Waals surface area contributed by atoms with E-state index in [-0.39, 0.29) is 15.4 Å². The van der Waals surface area contributed by atoms with Crippen molar-refractivity contribution in [2.45, 2.75) is 13.8 Å². The van der Waals surface area contributed by atoms with Crippen LogP contribution >= 0.6 is 0 Å². The van der Waals surface area contributed by atoms with Crippen molar-refractivity contribution in [3.05, 3.63) is 47.5 Å². The Labute approximate surface area is 96.8 Å². The fourth-order valence-corrected chi connectivity index (χ4v) is 5.22. The van der Waals surface area contributed by atoms with Gasteiger partial charge in [0.25, 0.3) is 0 Å². The van der Waals surface area contributed by atoms with Crippen LogP contribution in [0.3, 0.4) is 0 Å². The van der Waals surface area contributed by atoms with E-state index < -0.39 is 0 Å². The normalized spacial score (nSPS) is 12.4. The van der Waals surface area contributed by atoms with Gasteiger partial charge in [-0.05, 0) is 0 Å². The number of aryl methyl sites for hydroxylation is 1. The molecular formula is C14H12Ge. The average Bonchev–Trinajstić information content (AvgIpc) is 2.62. The topological polar surface area (TPSA) is 0 Å². The number of benzene rings is 2. The summed E-state index contributed by atoms with van der Waals surface area (Å²) in [7, 11) is 0. The van der Waals surface area contributed by atoms with E-state index in [1.807, 2.05) is 0 Å². The van der Waals surface area contributed by atoms with Crippen LogP contribution in [0, 0.1) is 13.8 Å². The molecular weight excluding hydrogens is 241 g/mol. The minimum absolute atomic E-state index is 0.0673. The maximum atomic E-state index is 2.33. The summed E-state index contributed by atoms with van der Waals surface area (Å²) in [4.78, 5) is 0. The Kier molecular flexibility index (Phi) is 1.99. The van der Waals surface area contributed by atoms with Crippen molar-refractivity contribution >= 4 is 24.2 Å². The molecule has 2 aromatic rings. The molecule has 0 aliphatic carbocycles. The van der Waals surface area contributed by atoms with Crippen LogP contribution in [-0.4, -0.2) is 15.4 Å². The summed E-state index contributed by atoms with van der Waals surface area (Å²) in [5.74, 6) is 0. The van der Waals surface area contributed by atoms with Crippen LogP contribution in [0.4, 0.5) is 0 Å². The first-order valence-corrected chi connectivity index (χ1v) is 7.34. The number of fused-ring (bicyclic) bond motifs is 3. The molecule has 0 atom stereocenters. The number of hydrogen-bond acceptors (Lipinski definition) is 0. The van der Waals surface area contributed by atoms with Gasteiger partial charge in [0, 0.05) is 0 Å². The monoisotopic (exact) mass is 254 g/mol. The van der Waals surface area contributed by atoms with Crippen LogP contribution in [0.25, 0.3) is 11.1 Å². The first-order chi connectivity index (χ1) is 7.27. The molecule has 1 aliphatic rings. The van der Waals surface area contributed by atoms with E-state index >= 15 is 0 Å². The summed E-state index contributed by atoms with van der Waals surface area (Å²) in [5.41, 5.74) is 5.91. The molecule has 0 amide bonds. The average molecular weight is 253 g/mol. The van der Waals surface area contributed by atoms with Crippen molar-refractivity contribution in [3.8, 4) is 11.1 Å². The molecule has 0 saturated heterocycles. The Morgan fingerprint density at radius 2 is 1.67 bits per heavy atom. The van der Waals surface area contributed by atoms with Gasteiger partial charge >= 0.3 is 96.7 Å². The van der Waals surface area contributed by atoms with Crippen molar-refractivity contribution in [1.82, 2.24) is 0 Å². The van der Waals surface area contributed by atoms with Gasteiger partial charge in [0.15, 0.2) is 0 Å². The summed E-state index contributed by atoms with van der Waals surface area (Å²) in [5, 5.41) is 0. The van der Waals surface area contributed by atoms with Crippen molar-refractivity contribution in [2.24, 2.45) is 0 Å². The summed E-state index contributed by atoms with van der Waals surface area (Å²) >= 11 is -0.0673.